The predicted octanol–water partition coefficient (Wildman–Crippen LogP) is 1.59. The van der Waals surface area contributed by atoms with Crippen molar-refractivity contribution in [3.8, 4) is 0 Å². The van der Waals surface area contributed by atoms with E-state index in [2.05, 4.69) is 30.5 Å². The van der Waals surface area contributed by atoms with E-state index in [1.54, 1.807) is 18.4 Å². The maximum Gasteiger partial charge on any atom is 0.236 e. The van der Waals surface area contributed by atoms with Gasteiger partial charge in [-0.05, 0) is 32.4 Å². The summed E-state index contributed by atoms with van der Waals surface area (Å²) in [6, 6.07) is 2.03. The average molecular weight is 226 g/mol. The highest BCUT2D eigenvalue weighted by Crippen LogP contribution is 2.20. The first-order valence-electron chi connectivity index (χ1n) is 5.05. The van der Waals surface area contributed by atoms with Crippen molar-refractivity contribution in [2.75, 3.05) is 7.05 Å². The molecule has 0 spiro atoms. The molecular formula is C11H18N2OS. The molecule has 15 heavy (non-hydrogen) atoms. The van der Waals surface area contributed by atoms with E-state index in [-0.39, 0.29) is 11.9 Å². The number of likely N-dealkylation sites (N-methyl/N-ethyl adjacent to an activating group) is 1. The second kappa shape index (κ2) is 5.28. The fraction of sp³-hybridized carbons (Fsp3) is 0.545. The standard InChI is InChI=1S/C11H18N2OS/c1-7-5-10(15-9(7)3)6-13-8(2)11(14)12-4/h5,8,13H,6H2,1-4H3,(H,12,14). The molecule has 4 heteroatoms. The van der Waals surface area contributed by atoms with Crippen molar-refractivity contribution in [1.29, 1.82) is 0 Å². The maximum atomic E-state index is 11.2. The second-order valence-corrected chi connectivity index (χ2v) is 5.01. The minimum absolute atomic E-state index is 0.0278. The van der Waals surface area contributed by atoms with Crippen LogP contribution in [0.3, 0.4) is 0 Å². The van der Waals surface area contributed by atoms with E-state index in [0.717, 1.165) is 6.54 Å². The molecule has 2 N–H and O–H groups in total. The summed E-state index contributed by atoms with van der Waals surface area (Å²) < 4.78 is 0. The van der Waals surface area contributed by atoms with Gasteiger partial charge >= 0.3 is 0 Å². The SMILES string of the molecule is CNC(=O)C(C)NCc1cc(C)c(C)s1. The van der Waals surface area contributed by atoms with Gasteiger partial charge in [0.2, 0.25) is 5.91 Å². The number of aryl methyl sites for hydroxylation is 2. The van der Waals surface area contributed by atoms with E-state index in [4.69, 9.17) is 0 Å². The summed E-state index contributed by atoms with van der Waals surface area (Å²) >= 11 is 1.78. The molecule has 0 bridgehead atoms. The molecule has 0 radical (unpaired) electrons. The Morgan fingerprint density at radius 2 is 2.20 bits per heavy atom. The number of carbonyl (C=O) groups excluding carboxylic acids is 1. The highest BCUT2D eigenvalue weighted by Gasteiger charge is 2.10. The first kappa shape index (κ1) is 12.2. The van der Waals surface area contributed by atoms with Crippen LogP contribution < -0.4 is 10.6 Å². The number of rotatable bonds is 4. The van der Waals surface area contributed by atoms with Crippen LogP contribution in [-0.4, -0.2) is 19.0 Å². The third-order valence-electron chi connectivity index (χ3n) is 2.44. The van der Waals surface area contributed by atoms with Crippen LogP contribution in [0.4, 0.5) is 0 Å². The molecule has 84 valence electrons. The lowest BCUT2D eigenvalue weighted by Crippen LogP contribution is -2.40. The lowest BCUT2D eigenvalue weighted by molar-refractivity contribution is -0.122. The molecule has 0 saturated heterocycles. The van der Waals surface area contributed by atoms with Gasteiger partial charge in [-0.25, -0.2) is 0 Å². The molecule has 0 aromatic carbocycles. The minimum Gasteiger partial charge on any atom is -0.358 e. The van der Waals surface area contributed by atoms with Crippen LogP contribution in [0, 0.1) is 13.8 Å². The molecule has 1 amide bonds. The molecule has 3 nitrogen and oxygen atoms in total. The fourth-order valence-electron chi connectivity index (χ4n) is 1.30. The Morgan fingerprint density at radius 3 is 2.67 bits per heavy atom. The average Bonchev–Trinajstić information content (AvgIpc) is 2.54. The van der Waals surface area contributed by atoms with Gasteiger partial charge in [0.25, 0.3) is 0 Å². The predicted molar refractivity (Wildman–Crippen MR) is 64.2 cm³/mol. The normalized spacial score (nSPS) is 12.5. The molecule has 1 atom stereocenters. The van der Waals surface area contributed by atoms with Gasteiger partial charge in [0.15, 0.2) is 0 Å². The largest absolute Gasteiger partial charge is 0.358 e. The summed E-state index contributed by atoms with van der Waals surface area (Å²) in [5.74, 6) is 0.0278. The molecule has 0 fully saturated rings. The van der Waals surface area contributed by atoms with Crippen LogP contribution in [0.25, 0.3) is 0 Å². The van der Waals surface area contributed by atoms with Crippen LogP contribution >= 0.6 is 11.3 Å². The number of carbonyl (C=O) groups is 1. The topological polar surface area (TPSA) is 41.1 Å². The van der Waals surface area contributed by atoms with E-state index < -0.39 is 0 Å². The van der Waals surface area contributed by atoms with Crippen molar-refractivity contribution in [1.82, 2.24) is 10.6 Å². The Labute approximate surface area is 94.9 Å². The van der Waals surface area contributed by atoms with Crippen LogP contribution in [0.2, 0.25) is 0 Å². The molecule has 1 aromatic heterocycles. The van der Waals surface area contributed by atoms with Gasteiger partial charge in [0.1, 0.15) is 0 Å². The molecule has 1 unspecified atom stereocenters. The lowest BCUT2D eigenvalue weighted by Gasteiger charge is -2.10. The highest BCUT2D eigenvalue weighted by atomic mass is 32.1. The zero-order chi connectivity index (χ0) is 11.4. The third kappa shape index (κ3) is 3.32. The summed E-state index contributed by atoms with van der Waals surface area (Å²) in [5, 5.41) is 5.81. The number of hydrogen-bond acceptors (Lipinski definition) is 3. The Kier molecular flexibility index (Phi) is 4.29. The summed E-state index contributed by atoms with van der Waals surface area (Å²) in [5.41, 5.74) is 1.32. The summed E-state index contributed by atoms with van der Waals surface area (Å²) in [6.07, 6.45) is 0. The number of amides is 1. The molecule has 1 heterocycles. The number of hydrogen-bond donors (Lipinski definition) is 2. The van der Waals surface area contributed by atoms with Gasteiger partial charge in [-0.3, -0.25) is 4.79 Å². The monoisotopic (exact) mass is 226 g/mol. The Morgan fingerprint density at radius 1 is 1.53 bits per heavy atom. The Hall–Kier alpha value is -0.870. The Bertz CT molecular complexity index is 327. The molecular weight excluding hydrogens is 208 g/mol. The lowest BCUT2D eigenvalue weighted by atomic mass is 10.2. The van der Waals surface area contributed by atoms with Crippen molar-refractivity contribution in [2.24, 2.45) is 0 Å². The Balaban J connectivity index is 2.47. The number of nitrogens with one attached hydrogen (secondary N) is 2. The van der Waals surface area contributed by atoms with Crippen molar-refractivity contribution in [3.63, 3.8) is 0 Å². The smallest absolute Gasteiger partial charge is 0.236 e. The van der Waals surface area contributed by atoms with E-state index in [1.165, 1.54) is 15.3 Å². The van der Waals surface area contributed by atoms with Crippen molar-refractivity contribution < 1.29 is 4.79 Å². The van der Waals surface area contributed by atoms with Gasteiger partial charge in [-0.2, -0.15) is 0 Å². The zero-order valence-electron chi connectivity index (χ0n) is 9.68. The van der Waals surface area contributed by atoms with E-state index >= 15 is 0 Å². The molecule has 0 aliphatic rings. The maximum absolute atomic E-state index is 11.2. The molecule has 0 aliphatic carbocycles. The van der Waals surface area contributed by atoms with Gasteiger partial charge in [-0.15, -0.1) is 11.3 Å². The zero-order valence-corrected chi connectivity index (χ0v) is 10.5. The van der Waals surface area contributed by atoms with E-state index in [0.29, 0.717) is 0 Å². The minimum atomic E-state index is -0.141. The van der Waals surface area contributed by atoms with Crippen molar-refractivity contribution >= 4 is 17.2 Å². The molecule has 0 aliphatic heterocycles. The van der Waals surface area contributed by atoms with Crippen LogP contribution in [0.1, 0.15) is 22.2 Å². The summed E-state index contributed by atoms with van der Waals surface area (Å²) in [7, 11) is 1.65. The highest BCUT2D eigenvalue weighted by molar-refractivity contribution is 7.12. The molecule has 1 rings (SSSR count). The van der Waals surface area contributed by atoms with Crippen LogP contribution in [-0.2, 0) is 11.3 Å². The second-order valence-electron chi connectivity index (χ2n) is 3.67. The number of thiophene rings is 1. The van der Waals surface area contributed by atoms with E-state index in [1.807, 2.05) is 6.92 Å². The molecule has 0 saturated carbocycles. The van der Waals surface area contributed by atoms with Gasteiger partial charge in [-0.1, -0.05) is 0 Å². The first-order chi connectivity index (χ1) is 7.04. The van der Waals surface area contributed by atoms with Gasteiger partial charge in [0.05, 0.1) is 6.04 Å². The van der Waals surface area contributed by atoms with E-state index in [9.17, 15) is 4.79 Å². The van der Waals surface area contributed by atoms with Gasteiger partial charge < -0.3 is 10.6 Å². The fourth-order valence-corrected chi connectivity index (χ4v) is 2.30. The quantitative estimate of drug-likeness (QED) is 0.818. The van der Waals surface area contributed by atoms with Crippen LogP contribution in [0.15, 0.2) is 6.07 Å². The third-order valence-corrected chi connectivity index (χ3v) is 3.59. The van der Waals surface area contributed by atoms with Crippen molar-refractivity contribution in [3.05, 3.63) is 21.4 Å². The van der Waals surface area contributed by atoms with Crippen LogP contribution in [0.5, 0.6) is 0 Å². The summed E-state index contributed by atoms with van der Waals surface area (Å²) in [6.45, 7) is 6.85. The first-order valence-corrected chi connectivity index (χ1v) is 5.87. The van der Waals surface area contributed by atoms with Crippen molar-refractivity contribution in [2.45, 2.75) is 33.4 Å². The van der Waals surface area contributed by atoms with Gasteiger partial charge in [0, 0.05) is 23.3 Å². The molecule has 1 aromatic rings. The summed E-state index contributed by atoms with van der Waals surface area (Å²) in [4.78, 5) is 13.9.